The number of nitro groups is 1. The third-order valence-corrected chi connectivity index (χ3v) is 4.73. The van der Waals surface area contributed by atoms with Crippen LogP contribution in [0.25, 0.3) is 0 Å². The monoisotopic (exact) mass is 370 g/mol. The molecule has 25 heavy (non-hydrogen) atoms. The van der Waals surface area contributed by atoms with E-state index in [0.29, 0.717) is 5.56 Å². The summed E-state index contributed by atoms with van der Waals surface area (Å²) in [6, 6.07) is 8.06. The van der Waals surface area contributed by atoms with Crippen molar-refractivity contribution in [1.82, 2.24) is 0 Å². The van der Waals surface area contributed by atoms with E-state index in [0.717, 1.165) is 12.1 Å². The highest BCUT2D eigenvalue weighted by Gasteiger charge is 2.26. The zero-order valence-corrected chi connectivity index (χ0v) is 13.6. The molecule has 0 aliphatic rings. The van der Waals surface area contributed by atoms with Gasteiger partial charge in [-0.05, 0) is 43.3 Å². The SMILES string of the molecule is Cc1cc(C(=O)Nc2ccc(S(=O)(=O)C(F)F)cc2)ccc1[N+](=O)[O-]. The summed E-state index contributed by atoms with van der Waals surface area (Å²) in [5, 5.41) is 13.2. The Morgan fingerprint density at radius 2 is 1.76 bits per heavy atom. The van der Waals surface area contributed by atoms with Gasteiger partial charge in [0.05, 0.1) is 9.82 Å². The van der Waals surface area contributed by atoms with Gasteiger partial charge in [-0.1, -0.05) is 0 Å². The van der Waals surface area contributed by atoms with Crippen LogP contribution >= 0.6 is 0 Å². The smallest absolute Gasteiger partial charge is 0.322 e. The number of carbonyl (C=O) groups excluding carboxylic acids is 1. The van der Waals surface area contributed by atoms with E-state index in [-0.39, 0.29) is 16.9 Å². The standard InChI is InChI=1S/C15H12F2N2O5S/c1-9-8-10(2-7-13(9)19(21)22)14(20)18-11-3-5-12(6-4-11)25(23,24)15(16)17/h2-8,15H,1H3,(H,18,20). The molecule has 0 heterocycles. The van der Waals surface area contributed by atoms with E-state index in [1.807, 2.05) is 0 Å². The fourth-order valence-electron chi connectivity index (χ4n) is 2.04. The van der Waals surface area contributed by atoms with Gasteiger partial charge in [0.25, 0.3) is 11.6 Å². The Bertz CT molecular complexity index is 927. The number of nitrogens with one attached hydrogen (secondary N) is 1. The lowest BCUT2D eigenvalue weighted by Gasteiger charge is -2.08. The van der Waals surface area contributed by atoms with Crippen LogP contribution in [0.4, 0.5) is 20.2 Å². The van der Waals surface area contributed by atoms with Crippen LogP contribution in [0.15, 0.2) is 47.4 Å². The van der Waals surface area contributed by atoms with Crippen molar-refractivity contribution in [2.45, 2.75) is 17.6 Å². The highest BCUT2D eigenvalue weighted by molar-refractivity contribution is 7.91. The van der Waals surface area contributed by atoms with Crippen LogP contribution in [0.2, 0.25) is 0 Å². The number of benzene rings is 2. The largest absolute Gasteiger partial charge is 0.341 e. The first kappa shape index (κ1) is 18.5. The van der Waals surface area contributed by atoms with Gasteiger partial charge in [0.2, 0.25) is 9.84 Å². The number of sulfone groups is 1. The van der Waals surface area contributed by atoms with Gasteiger partial charge in [-0.2, -0.15) is 8.78 Å². The maximum absolute atomic E-state index is 12.5. The zero-order valence-electron chi connectivity index (χ0n) is 12.8. The second-order valence-electron chi connectivity index (χ2n) is 5.04. The molecular weight excluding hydrogens is 358 g/mol. The lowest BCUT2D eigenvalue weighted by Crippen LogP contribution is -2.13. The summed E-state index contributed by atoms with van der Waals surface area (Å²) in [4.78, 5) is 21.7. The fourth-order valence-corrected chi connectivity index (χ4v) is 2.76. The van der Waals surface area contributed by atoms with Crippen LogP contribution in [0, 0.1) is 17.0 Å². The third-order valence-electron chi connectivity index (χ3n) is 3.33. The fraction of sp³-hybridized carbons (Fsp3) is 0.133. The molecule has 0 unspecified atom stereocenters. The molecule has 0 spiro atoms. The van der Waals surface area contributed by atoms with E-state index in [4.69, 9.17) is 0 Å². The van der Waals surface area contributed by atoms with Crippen molar-refractivity contribution >= 4 is 27.1 Å². The molecule has 0 saturated heterocycles. The minimum Gasteiger partial charge on any atom is -0.322 e. The van der Waals surface area contributed by atoms with E-state index < -0.39 is 31.3 Å². The first-order valence-electron chi connectivity index (χ1n) is 6.81. The normalized spacial score (nSPS) is 11.4. The first-order chi connectivity index (χ1) is 11.6. The molecule has 0 atom stereocenters. The van der Waals surface area contributed by atoms with Crippen molar-refractivity contribution in [3.05, 3.63) is 63.7 Å². The molecule has 0 fully saturated rings. The van der Waals surface area contributed by atoms with E-state index in [9.17, 15) is 32.1 Å². The number of rotatable bonds is 5. The third kappa shape index (κ3) is 3.97. The van der Waals surface area contributed by atoms with Crippen LogP contribution in [0.1, 0.15) is 15.9 Å². The summed E-state index contributed by atoms with van der Waals surface area (Å²) >= 11 is 0. The molecule has 0 aliphatic carbocycles. The average molecular weight is 370 g/mol. The number of hydrogen-bond donors (Lipinski definition) is 1. The molecule has 132 valence electrons. The van der Waals surface area contributed by atoms with Crippen molar-refractivity contribution in [3.8, 4) is 0 Å². The van der Waals surface area contributed by atoms with Crippen molar-refractivity contribution in [2.75, 3.05) is 5.32 Å². The van der Waals surface area contributed by atoms with E-state index >= 15 is 0 Å². The molecule has 1 N–H and O–H groups in total. The van der Waals surface area contributed by atoms with E-state index in [1.54, 1.807) is 0 Å². The summed E-state index contributed by atoms with van der Waals surface area (Å²) in [6.07, 6.45) is 0. The Kier molecular flexibility index (Phi) is 5.12. The minimum absolute atomic E-state index is 0.127. The Balaban J connectivity index is 2.19. The molecule has 0 saturated carbocycles. The molecule has 2 aromatic carbocycles. The lowest BCUT2D eigenvalue weighted by atomic mass is 10.1. The van der Waals surface area contributed by atoms with Gasteiger partial charge in [0.15, 0.2) is 0 Å². The zero-order chi connectivity index (χ0) is 18.8. The molecule has 0 aliphatic heterocycles. The number of anilines is 1. The molecule has 2 aromatic rings. The highest BCUT2D eigenvalue weighted by Crippen LogP contribution is 2.22. The summed E-state index contributed by atoms with van der Waals surface area (Å²) in [5.74, 6) is -4.11. The first-order valence-corrected chi connectivity index (χ1v) is 8.36. The maximum atomic E-state index is 12.5. The number of nitro benzene ring substituents is 1. The summed E-state index contributed by atoms with van der Waals surface area (Å²) in [5.41, 5.74) is 0.524. The second-order valence-corrected chi connectivity index (χ2v) is 6.96. The van der Waals surface area contributed by atoms with Gasteiger partial charge >= 0.3 is 5.76 Å². The number of hydrogen-bond acceptors (Lipinski definition) is 5. The Labute approximate surface area is 141 Å². The highest BCUT2D eigenvalue weighted by atomic mass is 32.2. The van der Waals surface area contributed by atoms with Crippen molar-refractivity contribution in [1.29, 1.82) is 0 Å². The number of alkyl halides is 2. The number of amides is 1. The van der Waals surface area contributed by atoms with Crippen LogP contribution in [-0.4, -0.2) is 25.0 Å². The Morgan fingerprint density at radius 1 is 1.16 bits per heavy atom. The minimum atomic E-state index is -4.70. The summed E-state index contributed by atoms with van der Waals surface area (Å²) in [7, 11) is -4.70. The predicted molar refractivity (Wildman–Crippen MR) is 85.4 cm³/mol. The number of halogens is 2. The summed E-state index contributed by atoms with van der Waals surface area (Å²) in [6.45, 7) is 1.49. The Morgan fingerprint density at radius 3 is 2.24 bits per heavy atom. The lowest BCUT2D eigenvalue weighted by molar-refractivity contribution is -0.385. The van der Waals surface area contributed by atoms with Gasteiger partial charge in [-0.3, -0.25) is 14.9 Å². The van der Waals surface area contributed by atoms with Gasteiger partial charge in [0, 0.05) is 22.9 Å². The quantitative estimate of drug-likeness (QED) is 0.643. The number of nitrogens with zero attached hydrogens (tertiary/aromatic N) is 1. The molecule has 1 amide bonds. The molecule has 0 aromatic heterocycles. The average Bonchev–Trinajstić information content (AvgIpc) is 2.54. The molecule has 2 rings (SSSR count). The predicted octanol–water partition coefficient (Wildman–Crippen LogP) is 3.15. The molecule has 7 nitrogen and oxygen atoms in total. The van der Waals surface area contributed by atoms with Gasteiger partial charge in [-0.15, -0.1) is 0 Å². The van der Waals surface area contributed by atoms with Crippen LogP contribution in [0.3, 0.4) is 0 Å². The van der Waals surface area contributed by atoms with Gasteiger partial charge in [0.1, 0.15) is 0 Å². The molecule has 10 heteroatoms. The van der Waals surface area contributed by atoms with Gasteiger partial charge in [-0.25, -0.2) is 8.42 Å². The second kappa shape index (κ2) is 6.93. The van der Waals surface area contributed by atoms with Crippen LogP contribution in [-0.2, 0) is 9.84 Å². The molecule has 0 radical (unpaired) electrons. The van der Waals surface area contributed by atoms with Crippen molar-refractivity contribution in [3.63, 3.8) is 0 Å². The van der Waals surface area contributed by atoms with Gasteiger partial charge < -0.3 is 5.32 Å². The maximum Gasteiger partial charge on any atom is 0.341 e. The summed E-state index contributed by atoms with van der Waals surface area (Å²) < 4.78 is 47.5. The van der Waals surface area contributed by atoms with Crippen molar-refractivity contribution < 1.29 is 26.9 Å². The van der Waals surface area contributed by atoms with E-state index in [1.165, 1.54) is 37.3 Å². The van der Waals surface area contributed by atoms with Crippen LogP contribution in [0.5, 0.6) is 0 Å². The van der Waals surface area contributed by atoms with Crippen LogP contribution < -0.4 is 5.32 Å². The van der Waals surface area contributed by atoms with Crippen molar-refractivity contribution in [2.24, 2.45) is 0 Å². The molecule has 0 bridgehead atoms. The molecular formula is C15H12F2N2O5S. The topological polar surface area (TPSA) is 106 Å². The number of aryl methyl sites for hydroxylation is 1. The van der Waals surface area contributed by atoms with E-state index in [2.05, 4.69) is 5.32 Å². The Hall–Kier alpha value is -2.88. The number of carbonyl (C=O) groups is 1.